The zero-order valence-electron chi connectivity index (χ0n) is 24.9. The fourth-order valence-electron chi connectivity index (χ4n) is 7.62. The van der Waals surface area contributed by atoms with E-state index in [1.807, 2.05) is 36.4 Å². The summed E-state index contributed by atoms with van der Waals surface area (Å²) in [5, 5.41) is 32.7. The molecule has 4 aliphatic rings. The summed E-state index contributed by atoms with van der Waals surface area (Å²) in [6, 6.07) is 15.7. The Labute approximate surface area is 245 Å². The van der Waals surface area contributed by atoms with Crippen LogP contribution in [-0.2, 0) is 6.42 Å². The number of allylic oxidation sites excluding steroid dienone is 2. The maximum absolute atomic E-state index is 14.0. The number of carbonyl (C=O) groups excluding carboxylic acids is 1. The molecule has 6 nitrogen and oxygen atoms in total. The first-order valence-electron chi connectivity index (χ1n) is 15.6. The summed E-state index contributed by atoms with van der Waals surface area (Å²) in [5.41, 5.74) is 3.39. The number of rotatable bonds is 6. The molecule has 0 radical (unpaired) electrons. The predicted molar refractivity (Wildman–Crippen MR) is 163 cm³/mol. The van der Waals surface area contributed by atoms with Crippen LogP contribution in [0.1, 0.15) is 85.3 Å². The summed E-state index contributed by atoms with van der Waals surface area (Å²) in [6.07, 6.45) is 7.13. The molecule has 0 aromatic heterocycles. The topological polar surface area (TPSA) is 84.2 Å². The van der Waals surface area contributed by atoms with Crippen LogP contribution in [0.3, 0.4) is 0 Å². The van der Waals surface area contributed by atoms with E-state index in [1.165, 1.54) is 5.57 Å². The summed E-state index contributed by atoms with van der Waals surface area (Å²) >= 11 is 0. The third-order valence-corrected chi connectivity index (χ3v) is 10.3. The largest absolute Gasteiger partial charge is 0.395 e. The van der Waals surface area contributed by atoms with E-state index in [0.717, 1.165) is 63.0 Å². The number of hydrogen-bond donors (Lipinski definition) is 3. The van der Waals surface area contributed by atoms with Crippen molar-refractivity contribution in [1.82, 2.24) is 9.80 Å². The Morgan fingerprint density at radius 2 is 1.73 bits per heavy atom. The summed E-state index contributed by atoms with van der Waals surface area (Å²) in [7, 11) is 0. The minimum atomic E-state index is -0.877. The SMILES string of the molecule is CC1=CCC[C@@]2(C)[C@@H](CC[C@@]2(O)CN2CCN(CCO)CC2)c2ccc(cc2C(=O)c2ccccc2)C[C@@H](O)CC1. The van der Waals surface area contributed by atoms with E-state index in [-0.39, 0.29) is 18.3 Å². The van der Waals surface area contributed by atoms with E-state index in [2.05, 4.69) is 41.9 Å². The molecule has 1 aliphatic heterocycles. The molecule has 222 valence electrons. The predicted octanol–water partition coefficient (Wildman–Crippen LogP) is 4.57. The Balaban J connectivity index is 1.52. The fraction of sp³-hybridized carbons (Fsp3) is 0.571. The van der Waals surface area contributed by atoms with Gasteiger partial charge in [0, 0.05) is 55.8 Å². The zero-order valence-corrected chi connectivity index (χ0v) is 24.9. The first kappa shape index (κ1) is 30.1. The number of ketones is 1. The van der Waals surface area contributed by atoms with Crippen LogP contribution in [0.4, 0.5) is 0 Å². The fourth-order valence-corrected chi connectivity index (χ4v) is 7.62. The van der Waals surface area contributed by atoms with Gasteiger partial charge < -0.3 is 15.3 Å². The summed E-state index contributed by atoms with van der Waals surface area (Å²) in [5.74, 6) is 0.0547. The second-order valence-electron chi connectivity index (χ2n) is 13.0. The van der Waals surface area contributed by atoms with Gasteiger partial charge in [-0.05, 0) is 75.0 Å². The van der Waals surface area contributed by atoms with Crippen molar-refractivity contribution in [2.24, 2.45) is 5.41 Å². The van der Waals surface area contributed by atoms with Crippen molar-refractivity contribution in [3.05, 3.63) is 82.4 Å². The van der Waals surface area contributed by atoms with Gasteiger partial charge in [0.2, 0.25) is 0 Å². The molecule has 2 aromatic carbocycles. The molecule has 1 heterocycles. The highest BCUT2D eigenvalue weighted by atomic mass is 16.3. The third kappa shape index (κ3) is 6.52. The smallest absolute Gasteiger partial charge is 0.193 e. The highest BCUT2D eigenvalue weighted by Crippen LogP contribution is 2.58. The lowest BCUT2D eigenvalue weighted by Gasteiger charge is -2.47. The number of benzene rings is 2. The van der Waals surface area contributed by atoms with E-state index in [1.54, 1.807) is 0 Å². The lowest BCUT2D eigenvalue weighted by Crippen LogP contribution is -2.56. The Hall–Kier alpha value is -2.35. The van der Waals surface area contributed by atoms with Crippen molar-refractivity contribution in [3.8, 4) is 0 Å². The number of fused-ring (bicyclic) bond motifs is 8. The van der Waals surface area contributed by atoms with Gasteiger partial charge in [0.1, 0.15) is 0 Å². The molecule has 0 unspecified atom stereocenters. The lowest BCUT2D eigenvalue weighted by atomic mass is 9.64. The zero-order chi connectivity index (χ0) is 29.0. The van der Waals surface area contributed by atoms with Crippen molar-refractivity contribution >= 4 is 5.78 Å². The van der Waals surface area contributed by atoms with Gasteiger partial charge in [-0.25, -0.2) is 0 Å². The van der Waals surface area contributed by atoms with Crippen LogP contribution < -0.4 is 0 Å². The van der Waals surface area contributed by atoms with Crippen LogP contribution in [0, 0.1) is 5.41 Å². The Bertz CT molecular complexity index is 1220. The maximum atomic E-state index is 14.0. The Morgan fingerprint density at radius 1 is 1.00 bits per heavy atom. The van der Waals surface area contributed by atoms with Gasteiger partial charge in [0.25, 0.3) is 0 Å². The molecule has 1 saturated carbocycles. The Morgan fingerprint density at radius 3 is 2.46 bits per heavy atom. The molecule has 2 aromatic rings. The molecule has 3 aliphatic carbocycles. The van der Waals surface area contributed by atoms with Crippen molar-refractivity contribution in [3.63, 3.8) is 0 Å². The number of β-amino-alcohol motifs (C(OH)–C–C–N with tert-alkyl or cyclic N) is 2. The van der Waals surface area contributed by atoms with E-state index in [9.17, 15) is 20.1 Å². The second kappa shape index (κ2) is 12.9. The maximum Gasteiger partial charge on any atom is 0.193 e. The van der Waals surface area contributed by atoms with Crippen molar-refractivity contribution in [2.75, 3.05) is 45.9 Å². The van der Waals surface area contributed by atoms with Gasteiger partial charge in [0.05, 0.1) is 18.3 Å². The minimum Gasteiger partial charge on any atom is -0.395 e. The van der Waals surface area contributed by atoms with Gasteiger partial charge >= 0.3 is 0 Å². The third-order valence-electron chi connectivity index (χ3n) is 10.3. The monoisotopic (exact) mass is 560 g/mol. The number of carbonyl (C=O) groups is 1. The molecular formula is C35H48N2O4. The average Bonchev–Trinajstić information content (AvgIpc) is 3.22. The van der Waals surface area contributed by atoms with Crippen LogP contribution >= 0.6 is 0 Å². The van der Waals surface area contributed by atoms with Gasteiger partial charge in [-0.1, -0.05) is 61.0 Å². The summed E-state index contributed by atoms with van der Waals surface area (Å²) < 4.78 is 0. The van der Waals surface area contributed by atoms with Crippen molar-refractivity contribution in [1.29, 1.82) is 0 Å². The number of piperazine rings is 1. The van der Waals surface area contributed by atoms with Crippen LogP contribution in [0.2, 0.25) is 0 Å². The van der Waals surface area contributed by atoms with E-state index in [4.69, 9.17) is 0 Å². The number of aliphatic hydroxyl groups excluding tert-OH is 2. The normalized spacial score (nSPS) is 30.0. The number of hydrogen-bond acceptors (Lipinski definition) is 6. The van der Waals surface area contributed by atoms with Crippen LogP contribution in [-0.4, -0.2) is 88.5 Å². The van der Waals surface area contributed by atoms with Gasteiger partial charge in [-0.15, -0.1) is 0 Å². The van der Waals surface area contributed by atoms with Crippen molar-refractivity contribution in [2.45, 2.75) is 76.4 Å². The van der Waals surface area contributed by atoms with Crippen molar-refractivity contribution < 1.29 is 20.1 Å². The van der Waals surface area contributed by atoms with Gasteiger partial charge in [0.15, 0.2) is 5.78 Å². The molecule has 4 atom stereocenters. The van der Waals surface area contributed by atoms with E-state index < -0.39 is 17.1 Å². The number of nitrogens with zero attached hydrogens (tertiary/aromatic N) is 2. The highest BCUT2D eigenvalue weighted by molar-refractivity contribution is 6.10. The molecule has 0 spiro atoms. The van der Waals surface area contributed by atoms with Gasteiger partial charge in [-0.2, -0.15) is 0 Å². The standard InChI is InChI=1S/C35H48N2O4/c1-26-7-6-15-34(2)32(14-16-35(34,41)25-37-19-17-36(18-20-37)21-22-38)30-13-11-27(23-29(39)12-10-26)24-31(30)33(40)28-8-4-3-5-9-28/h3-5,7-9,11,13,24,29,32,38-39,41H,6,10,12,14-23,25H2,1-2H3/t29-,32-,34-,35+/m0/s1. The second-order valence-corrected chi connectivity index (χ2v) is 13.0. The summed E-state index contributed by atoms with van der Waals surface area (Å²) in [4.78, 5) is 18.7. The molecule has 41 heavy (non-hydrogen) atoms. The first-order chi connectivity index (χ1) is 19.7. The molecule has 3 N–H and O–H groups in total. The van der Waals surface area contributed by atoms with E-state index >= 15 is 0 Å². The molecule has 6 heteroatoms. The van der Waals surface area contributed by atoms with Crippen LogP contribution in [0.25, 0.3) is 0 Å². The van der Waals surface area contributed by atoms with E-state index in [0.29, 0.717) is 43.5 Å². The molecule has 0 amide bonds. The minimum absolute atomic E-state index is 0.0116. The lowest BCUT2D eigenvalue weighted by molar-refractivity contribution is -0.0888. The first-order valence-corrected chi connectivity index (χ1v) is 15.6. The molecule has 1 saturated heterocycles. The highest BCUT2D eigenvalue weighted by Gasteiger charge is 2.57. The molecular weight excluding hydrogens is 512 g/mol. The number of aliphatic hydroxyl groups is 3. The molecule has 6 rings (SSSR count). The Kier molecular flexibility index (Phi) is 9.47. The van der Waals surface area contributed by atoms with Gasteiger partial charge in [-0.3, -0.25) is 14.6 Å². The van der Waals surface area contributed by atoms with Crippen LogP contribution in [0.5, 0.6) is 0 Å². The summed E-state index contributed by atoms with van der Waals surface area (Å²) in [6.45, 7) is 9.50. The molecule has 2 fully saturated rings. The van der Waals surface area contributed by atoms with Crippen LogP contribution in [0.15, 0.2) is 60.2 Å². The quantitative estimate of drug-likeness (QED) is 0.355. The average molecular weight is 561 g/mol. The molecule has 2 bridgehead atoms.